The highest BCUT2D eigenvalue weighted by molar-refractivity contribution is 5.91. The van der Waals surface area contributed by atoms with Gasteiger partial charge in [0.1, 0.15) is 17.9 Å². The van der Waals surface area contributed by atoms with Gasteiger partial charge >= 0.3 is 0 Å². The lowest BCUT2D eigenvalue weighted by atomic mass is 9.99. The van der Waals surface area contributed by atoms with E-state index in [2.05, 4.69) is 19.1 Å². The van der Waals surface area contributed by atoms with Crippen molar-refractivity contribution in [2.45, 2.75) is 40.0 Å². The van der Waals surface area contributed by atoms with Crippen LogP contribution in [0.4, 0.5) is 0 Å². The Labute approximate surface area is 202 Å². The number of nitrogens with two attached hydrogens (primary N) is 1. The first-order chi connectivity index (χ1) is 16.7. The largest absolute Gasteiger partial charge is 0.493 e. The number of ether oxygens (including phenoxy) is 3. The van der Waals surface area contributed by atoms with Crippen LogP contribution in [0, 0.1) is 0 Å². The van der Waals surface area contributed by atoms with E-state index in [4.69, 9.17) is 29.9 Å². The summed E-state index contributed by atoms with van der Waals surface area (Å²) >= 11 is 0. The van der Waals surface area contributed by atoms with Crippen LogP contribution in [-0.4, -0.2) is 37.3 Å². The van der Waals surface area contributed by atoms with Crippen molar-refractivity contribution in [3.05, 3.63) is 65.6 Å². The van der Waals surface area contributed by atoms with Gasteiger partial charge in [-0.2, -0.15) is 0 Å². The van der Waals surface area contributed by atoms with E-state index in [9.17, 15) is 0 Å². The fourth-order valence-corrected chi connectivity index (χ4v) is 3.99. The first-order valence-electron chi connectivity index (χ1n) is 11.9. The van der Waals surface area contributed by atoms with E-state index in [1.807, 2.05) is 50.4 Å². The minimum absolute atomic E-state index is 0.458. The molecule has 2 heterocycles. The molecule has 0 atom stereocenters. The van der Waals surface area contributed by atoms with Crippen molar-refractivity contribution >= 4 is 21.7 Å². The molecule has 0 saturated heterocycles. The van der Waals surface area contributed by atoms with E-state index in [0.717, 1.165) is 57.2 Å². The number of methoxy groups -OCH3 is 2. The second-order valence-corrected chi connectivity index (χ2v) is 7.68. The monoisotopic (exact) mass is 461 g/mol. The molecule has 0 saturated carbocycles. The summed E-state index contributed by atoms with van der Waals surface area (Å²) < 4.78 is 16.9. The summed E-state index contributed by atoms with van der Waals surface area (Å²) in [7, 11) is 3.31. The van der Waals surface area contributed by atoms with Crippen molar-refractivity contribution in [1.82, 2.24) is 9.97 Å². The molecule has 4 aromatic rings. The average molecular weight is 462 g/mol. The van der Waals surface area contributed by atoms with E-state index >= 15 is 0 Å². The minimum Gasteiger partial charge on any atom is -0.493 e. The molecule has 2 N–H and O–H groups in total. The second-order valence-electron chi connectivity index (χ2n) is 7.68. The number of para-hydroxylation sites is 1. The second kappa shape index (κ2) is 12.2. The third-order valence-electron chi connectivity index (χ3n) is 5.53. The smallest absolute Gasteiger partial charge is 0.161 e. The Balaban J connectivity index is 0.00000158. The first kappa shape index (κ1) is 25.2. The number of rotatable bonds is 9. The standard InChI is InChI=1S/C26H29N3O3.C2H6/c1-4-6-22-21-15-25(31-3)24(30-2)14-20(21)18(16-28-22)13-19-10-9-17-7-5-8-23(26(17)29-19)32-12-11-27;1-2/h5,7-10,14-16H,4,6,11-13,27H2,1-3H3;1-2H3. The third kappa shape index (κ3) is 5.39. The van der Waals surface area contributed by atoms with Crippen LogP contribution in [0.1, 0.15) is 44.1 Å². The van der Waals surface area contributed by atoms with Gasteiger partial charge in [-0.1, -0.05) is 45.4 Å². The first-order valence-corrected chi connectivity index (χ1v) is 11.9. The van der Waals surface area contributed by atoms with Crippen LogP contribution in [0.15, 0.2) is 48.7 Å². The van der Waals surface area contributed by atoms with E-state index in [0.29, 0.717) is 31.1 Å². The molecule has 2 aromatic carbocycles. The van der Waals surface area contributed by atoms with E-state index in [1.54, 1.807) is 14.2 Å². The van der Waals surface area contributed by atoms with Gasteiger partial charge in [0, 0.05) is 41.3 Å². The fraction of sp³-hybridized carbons (Fsp3) is 0.357. The molecule has 6 nitrogen and oxygen atoms in total. The van der Waals surface area contributed by atoms with Gasteiger partial charge in [-0.3, -0.25) is 4.98 Å². The van der Waals surface area contributed by atoms with Crippen molar-refractivity contribution in [3.8, 4) is 17.2 Å². The Kier molecular flexibility index (Phi) is 9.05. The van der Waals surface area contributed by atoms with Crippen molar-refractivity contribution in [3.63, 3.8) is 0 Å². The van der Waals surface area contributed by atoms with E-state index in [1.165, 1.54) is 0 Å². The van der Waals surface area contributed by atoms with Gasteiger partial charge in [-0.15, -0.1) is 0 Å². The van der Waals surface area contributed by atoms with Crippen LogP contribution >= 0.6 is 0 Å². The molecular formula is C28H35N3O3. The van der Waals surface area contributed by atoms with Crippen molar-refractivity contribution < 1.29 is 14.2 Å². The average Bonchev–Trinajstić information content (AvgIpc) is 2.89. The Morgan fingerprint density at radius 2 is 1.65 bits per heavy atom. The van der Waals surface area contributed by atoms with Crippen LogP contribution in [0.5, 0.6) is 17.2 Å². The Morgan fingerprint density at radius 3 is 2.32 bits per heavy atom. The molecule has 6 heteroatoms. The van der Waals surface area contributed by atoms with Crippen LogP contribution in [-0.2, 0) is 12.8 Å². The number of fused-ring (bicyclic) bond motifs is 2. The van der Waals surface area contributed by atoms with Gasteiger partial charge in [0.15, 0.2) is 11.5 Å². The summed E-state index contributed by atoms with van der Waals surface area (Å²) in [4.78, 5) is 9.70. The lowest BCUT2D eigenvalue weighted by molar-refractivity contribution is 0.331. The van der Waals surface area contributed by atoms with Crippen molar-refractivity contribution in [2.75, 3.05) is 27.4 Å². The molecule has 0 amide bonds. The predicted molar refractivity (Wildman–Crippen MR) is 139 cm³/mol. The number of pyridine rings is 2. The highest BCUT2D eigenvalue weighted by Gasteiger charge is 2.14. The van der Waals surface area contributed by atoms with E-state index in [-0.39, 0.29) is 0 Å². The maximum absolute atomic E-state index is 5.81. The van der Waals surface area contributed by atoms with Gasteiger partial charge in [-0.05, 0) is 41.6 Å². The Morgan fingerprint density at radius 1 is 0.912 bits per heavy atom. The highest BCUT2D eigenvalue weighted by Crippen LogP contribution is 2.36. The van der Waals surface area contributed by atoms with Gasteiger partial charge in [0.05, 0.1) is 14.2 Å². The van der Waals surface area contributed by atoms with Crippen molar-refractivity contribution in [2.24, 2.45) is 5.73 Å². The van der Waals surface area contributed by atoms with Gasteiger partial charge in [0.25, 0.3) is 0 Å². The zero-order valence-corrected chi connectivity index (χ0v) is 20.9. The SMILES string of the molecule is CC.CCCc1ncc(Cc2ccc3cccc(OCCN)c3n2)c2cc(OC)c(OC)cc12. The molecule has 2 aromatic heterocycles. The molecule has 0 aliphatic carbocycles. The molecular weight excluding hydrogens is 426 g/mol. The van der Waals surface area contributed by atoms with Crippen LogP contribution in [0.2, 0.25) is 0 Å². The molecule has 0 aliphatic heterocycles. The lowest BCUT2D eigenvalue weighted by Crippen LogP contribution is -2.11. The molecule has 4 rings (SSSR count). The Bertz CT molecular complexity index is 1240. The van der Waals surface area contributed by atoms with Gasteiger partial charge in [-0.25, -0.2) is 4.98 Å². The third-order valence-corrected chi connectivity index (χ3v) is 5.53. The van der Waals surface area contributed by atoms with Gasteiger partial charge in [0.2, 0.25) is 0 Å². The molecule has 0 spiro atoms. The number of aromatic nitrogens is 2. The topological polar surface area (TPSA) is 79.5 Å². The quantitative estimate of drug-likeness (QED) is 0.344. The molecule has 0 aliphatic rings. The molecule has 0 fully saturated rings. The van der Waals surface area contributed by atoms with Crippen molar-refractivity contribution in [1.29, 1.82) is 0 Å². The van der Waals surface area contributed by atoms with Crippen LogP contribution in [0.3, 0.4) is 0 Å². The number of aryl methyl sites for hydroxylation is 1. The molecule has 0 bridgehead atoms. The molecule has 34 heavy (non-hydrogen) atoms. The summed E-state index contributed by atoms with van der Waals surface area (Å²) in [5.74, 6) is 2.17. The summed E-state index contributed by atoms with van der Waals surface area (Å²) in [5, 5.41) is 3.24. The summed E-state index contributed by atoms with van der Waals surface area (Å²) in [6.07, 6.45) is 4.53. The summed E-state index contributed by atoms with van der Waals surface area (Å²) in [5.41, 5.74) is 9.56. The molecule has 0 unspecified atom stereocenters. The zero-order chi connectivity index (χ0) is 24.5. The number of hydrogen-bond donors (Lipinski definition) is 1. The Hall–Kier alpha value is -3.38. The zero-order valence-electron chi connectivity index (χ0n) is 20.9. The lowest BCUT2D eigenvalue weighted by Gasteiger charge is -2.15. The summed E-state index contributed by atoms with van der Waals surface area (Å²) in [6, 6.07) is 14.2. The minimum atomic E-state index is 0.458. The highest BCUT2D eigenvalue weighted by atomic mass is 16.5. The van der Waals surface area contributed by atoms with Crippen LogP contribution in [0.25, 0.3) is 21.7 Å². The molecule has 0 radical (unpaired) electrons. The van der Waals surface area contributed by atoms with Gasteiger partial charge < -0.3 is 19.9 Å². The van der Waals surface area contributed by atoms with Crippen LogP contribution < -0.4 is 19.9 Å². The normalized spacial score (nSPS) is 10.6. The number of benzene rings is 2. The maximum atomic E-state index is 5.81. The predicted octanol–water partition coefficient (Wildman–Crippen LogP) is 5.71. The number of hydrogen-bond acceptors (Lipinski definition) is 6. The van der Waals surface area contributed by atoms with E-state index < -0.39 is 0 Å². The number of nitrogens with zero attached hydrogens (tertiary/aromatic N) is 2. The summed E-state index contributed by atoms with van der Waals surface area (Å²) in [6.45, 7) is 7.08. The molecule has 180 valence electrons. The fourth-order valence-electron chi connectivity index (χ4n) is 3.99. The maximum Gasteiger partial charge on any atom is 0.161 e.